The first-order valence-corrected chi connectivity index (χ1v) is 7.16. The minimum Gasteiger partial charge on any atom is -0.491 e. The Labute approximate surface area is 122 Å². The van der Waals surface area contributed by atoms with Crippen LogP contribution in [-0.2, 0) is 4.79 Å². The summed E-state index contributed by atoms with van der Waals surface area (Å²) in [5, 5.41) is 14.8. The lowest BCUT2D eigenvalue weighted by Gasteiger charge is -2.19. The number of benzene rings is 1. The normalized spacial score (nSPS) is 26.8. The predicted molar refractivity (Wildman–Crippen MR) is 75.1 cm³/mol. The van der Waals surface area contributed by atoms with Gasteiger partial charge in [0.25, 0.3) is 0 Å². The fourth-order valence-electron chi connectivity index (χ4n) is 3.08. The summed E-state index contributed by atoms with van der Waals surface area (Å²) in [6.45, 7) is 0.403. The third-order valence-corrected chi connectivity index (χ3v) is 4.15. The number of carboxylic acid groups (broad SMARTS) is 1. The van der Waals surface area contributed by atoms with E-state index in [-0.39, 0.29) is 18.1 Å². The van der Waals surface area contributed by atoms with Gasteiger partial charge in [-0.05, 0) is 18.9 Å². The second-order valence-corrected chi connectivity index (χ2v) is 5.50. The molecule has 0 radical (unpaired) electrons. The molecule has 1 saturated carbocycles. The van der Waals surface area contributed by atoms with Gasteiger partial charge in [-0.3, -0.25) is 4.79 Å². The van der Waals surface area contributed by atoms with E-state index in [1.54, 1.807) is 0 Å². The summed E-state index contributed by atoms with van der Waals surface area (Å²) in [7, 11) is 0. The minimum absolute atomic E-state index is 0.189. The largest absolute Gasteiger partial charge is 0.491 e. The van der Waals surface area contributed by atoms with Gasteiger partial charge in [0.1, 0.15) is 12.4 Å². The Bertz CT molecular complexity index is 560. The van der Waals surface area contributed by atoms with Gasteiger partial charge < -0.3 is 20.5 Å². The molecule has 3 unspecified atom stereocenters. The first-order chi connectivity index (χ1) is 10.1. The molecular formula is C15H18N2O4. The Balaban J connectivity index is 1.59. The number of aliphatic carboxylic acids is 1. The van der Waals surface area contributed by atoms with Gasteiger partial charge in [-0.1, -0.05) is 24.6 Å². The molecule has 3 atom stereocenters. The molecule has 1 aliphatic heterocycles. The topological polar surface area (TPSA) is 87.7 Å². The molecule has 1 fully saturated rings. The van der Waals surface area contributed by atoms with Crippen molar-refractivity contribution in [2.24, 2.45) is 5.92 Å². The van der Waals surface area contributed by atoms with Crippen LogP contribution in [0.2, 0.25) is 0 Å². The zero-order valence-corrected chi connectivity index (χ0v) is 11.5. The standard InChI is InChI=1S/C15H18N2O4/c18-14(19)10-5-3-6-11(10)16-15(20)17-12-8-21-13-7-2-1-4-9(12)13/h1-2,4,7,10-12H,3,5-6,8H2,(H,18,19)(H2,16,17,20). The molecule has 0 spiro atoms. The highest BCUT2D eigenvalue weighted by Crippen LogP contribution is 2.31. The molecule has 3 rings (SSSR count). The van der Waals surface area contributed by atoms with Gasteiger partial charge in [-0.2, -0.15) is 0 Å². The maximum atomic E-state index is 12.1. The lowest BCUT2D eigenvalue weighted by Crippen LogP contribution is -2.46. The van der Waals surface area contributed by atoms with Crippen LogP contribution in [0.1, 0.15) is 30.9 Å². The van der Waals surface area contributed by atoms with Crippen molar-refractivity contribution >= 4 is 12.0 Å². The van der Waals surface area contributed by atoms with Gasteiger partial charge in [0.2, 0.25) is 0 Å². The molecular weight excluding hydrogens is 272 g/mol. The molecule has 6 nitrogen and oxygen atoms in total. The fraction of sp³-hybridized carbons (Fsp3) is 0.467. The molecule has 0 aromatic heterocycles. The third-order valence-electron chi connectivity index (χ3n) is 4.15. The number of urea groups is 1. The summed E-state index contributed by atoms with van der Waals surface area (Å²) < 4.78 is 5.50. The molecule has 6 heteroatoms. The maximum absolute atomic E-state index is 12.1. The Morgan fingerprint density at radius 3 is 2.81 bits per heavy atom. The molecule has 112 valence electrons. The van der Waals surface area contributed by atoms with Crippen LogP contribution in [0.5, 0.6) is 5.75 Å². The van der Waals surface area contributed by atoms with Crippen LogP contribution < -0.4 is 15.4 Å². The van der Waals surface area contributed by atoms with Crippen molar-refractivity contribution < 1.29 is 19.4 Å². The summed E-state index contributed by atoms with van der Waals surface area (Å²) in [5.41, 5.74) is 0.953. The SMILES string of the molecule is O=C(NC1COc2ccccc21)NC1CCCC1C(=O)O. The molecule has 1 aromatic rings. The van der Waals surface area contributed by atoms with Crippen LogP contribution in [0.3, 0.4) is 0 Å². The summed E-state index contributed by atoms with van der Waals surface area (Å²) in [6.07, 6.45) is 2.16. The van der Waals surface area contributed by atoms with Crippen LogP contribution in [0.25, 0.3) is 0 Å². The van der Waals surface area contributed by atoms with Crippen LogP contribution in [0.4, 0.5) is 4.79 Å². The van der Waals surface area contributed by atoms with Gasteiger partial charge in [-0.25, -0.2) is 4.79 Å². The van der Waals surface area contributed by atoms with Crippen molar-refractivity contribution in [2.75, 3.05) is 6.61 Å². The Kier molecular flexibility index (Phi) is 3.68. The van der Waals surface area contributed by atoms with Crippen molar-refractivity contribution in [3.63, 3.8) is 0 Å². The molecule has 2 amide bonds. The molecule has 1 aromatic carbocycles. The first-order valence-electron chi connectivity index (χ1n) is 7.16. The van der Waals surface area contributed by atoms with Gasteiger partial charge in [0, 0.05) is 11.6 Å². The maximum Gasteiger partial charge on any atom is 0.315 e. The van der Waals surface area contributed by atoms with Gasteiger partial charge in [0.15, 0.2) is 0 Å². The Morgan fingerprint density at radius 2 is 2.00 bits per heavy atom. The monoisotopic (exact) mass is 290 g/mol. The second kappa shape index (κ2) is 5.63. The summed E-state index contributed by atoms with van der Waals surface area (Å²) in [5.74, 6) is -0.540. The number of amides is 2. The van der Waals surface area contributed by atoms with Crippen molar-refractivity contribution in [3.05, 3.63) is 29.8 Å². The van der Waals surface area contributed by atoms with E-state index in [9.17, 15) is 9.59 Å². The lowest BCUT2D eigenvalue weighted by molar-refractivity contribution is -0.142. The quantitative estimate of drug-likeness (QED) is 0.790. The van der Waals surface area contributed by atoms with Crippen LogP contribution in [0, 0.1) is 5.92 Å². The number of nitrogens with one attached hydrogen (secondary N) is 2. The average molecular weight is 290 g/mol. The number of carbonyl (C=O) groups is 2. The highest BCUT2D eigenvalue weighted by molar-refractivity contribution is 5.77. The molecule has 21 heavy (non-hydrogen) atoms. The smallest absolute Gasteiger partial charge is 0.315 e. The molecule has 2 aliphatic rings. The van der Waals surface area contributed by atoms with Crippen LogP contribution in [0.15, 0.2) is 24.3 Å². The van der Waals surface area contributed by atoms with E-state index in [1.807, 2.05) is 24.3 Å². The number of ether oxygens (including phenoxy) is 1. The fourth-order valence-corrected chi connectivity index (χ4v) is 3.08. The summed E-state index contributed by atoms with van der Waals surface area (Å²) >= 11 is 0. The molecule has 0 bridgehead atoms. The molecule has 3 N–H and O–H groups in total. The minimum atomic E-state index is -0.840. The van der Waals surface area contributed by atoms with E-state index >= 15 is 0 Å². The van der Waals surface area contributed by atoms with Gasteiger partial charge >= 0.3 is 12.0 Å². The summed E-state index contributed by atoms with van der Waals surface area (Å²) in [6, 6.07) is 6.76. The van der Waals surface area contributed by atoms with E-state index in [2.05, 4.69) is 10.6 Å². The van der Waals surface area contributed by atoms with Crippen molar-refractivity contribution in [1.29, 1.82) is 0 Å². The van der Waals surface area contributed by atoms with Gasteiger partial charge in [0.05, 0.1) is 12.0 Å². The van der Waals surface area contributed by atoms with Crippen molar-refractivity contribution in [2.45, 2.75) is 31.3 Å². The lowest BCUT2D eigenvalue weighted by atomic mass is 10.0. The van der Waals surface area contributed by atoms with E-state index in [0.717, 1.165) is 17.7 Å². The highest BCUT2D eigenvalue weighted by atomic mass is 16.5. The Hall–Kier alpha value is -2.24. The third kappa shape index (κ3) is 2.79. The zero-order chi connectivity index (χ0) is 14.8. The van der Waals surface area contributed by atoms with Crippen LogP contribution >= 0.6 is 0 Å². The van der Waals surface area contributed by atoms with E-state index < -0.39 is 11.9 Å². The molecule has 1 aliphatic carbocycles. The molecule has 0 saturated heterocycles. The second-order valence-electron chi connectivity index (χ2n) is 5.50. The summed E-state index contributed by atoms with van der Waals surface area (Å²) in [4.78, 5) is 23.2. The number of rotatable bonds is 3. The molecule has 1 heterocycles. The van der Waals surface area contributed by atoms with E-state index in [4.69, 9.17) is 9.84 Å². The average Bonchev–Trinajstić information content (AvgIpc) is 3.06. The number of fused-ring (bicyclic) bond motifs is 1. The van der Waals surface area contributed by atoms with E-state index in [0.29, 0.717) is 19.4 Å². The number of para-hydroxylation sites is 1. The number of hydrogen-bond donors (Lipinski definition) is 3. The highest BCUT2D eigenvalue weighted by Gasteiger charge is 2.34. The van der Waals surface area contributed by atoms with Crippen LogP contribution in [-0.4, -0.2) is 29.8 Å². The first kappa shape index (κ1) is 13.7. The van der Waals surface area contributed by atoms with Crippen molar-refractivity contribution in [1.82, 2.24) is 10.6 Å². The predicted octanol–water partition coefficient (Wildman–Crippen LogP) is 1.67. The Morgan fingerprint density at radius 1 is 1.19 bits per heavy atom. The number of carboxylic acids is 1. The number of hydrogen-bond acceptors (Lipinski definition) is 3. The van der Waals surface area contributed by atoms with E-state index in [1.165, 1.54) is 0 Å². The van der Waals surface area contributed by atoms with Crippen molar-refractivity contribution in [3.8, 4) is 5.75 Å². The number of carbonyl (C=O) groups excluding carboxylic acids is 1. The van der Waals surface area contributed by atoms with Gasteiger partial charge in [-0.15, -0.1) is 0 Å². The zero-order valence-electron chi connectivity index (χ0n) is 11.5.